The number of furan rings is 1. The lowest BCUT2D eigenvalue weighted by atomic mass is 10.0. The molecule has 0 aromatic carbocycles. The van der Waals surface area contributed by atoms with Crippen LogP contribution >= 0.6 is 0 Å². The number of likely N-dealkylation sites (N-methyl/N-ethyl adjacent to an activating group) is 1. The van der Waals surface area contributed by atoms with Gasteiger partial charge in [0.2, 0.25) is 0 Å². The summed E-state index contributed by atoms with van der Waals surface area (Å²) >= 11 is 0. The SMILES string of the molecule is CNC(C1=CCCC1)c1ccco1. The second-order valence-electron chi connectivity index (χ2n) is 3.41. The van der Waals surface area contributed by atoms with Gasteiger partial charge in [0.1, 0.15) is 5.76 Å². The molecule has 1 aromatic rings. The van der Waals surface area contributed by atoms with Gasteiger partial charge in [-0.25, -0.2) is 0 Å². The standard InChI is InChI=1S/C11H15NO/c1-12-11(9-5-2-3-6-9)10-7-4-8-13-10/h4-5,7-8,11-12H,2-3,6H2,1H3. The number of hydrogen-bond acceptors (Lipinski definition) is 2. The number of rotatable bonds is 3. The maximum absolute atomic E-state index is 5.40. The van der Waals surface area contributed by atoms with Crippen molar-refractivity contribution in [3.63, 3.8) is 0 Å². The van der Waals surface area contributed by atoms with Gasteiger partial charge in [-0.2, -0.15) is 0 Å². The van der Waals surface area contributed by atoms with Crippen LogP contribution in [0, 0.1) is 0 Å². The van der Waals surface area contributed by atoms with Crippen molar-refractivity contribution in [1.82, 2.24) is 5.32 Å². The summed E-state index contributed by atoms with van der Waals surface area (Å²) in [5.41, 5.74) is 1.47. The third-order valence-electron chi connectivity index (χ3n) is 2.56. The van der Waals surface area contributed by atoms with E-state index in [-0.39, 0.29) is 6.04 Å². The minimum Gasteiger partial charge on any atom is -0.467 e. The third kappa shape index (κ3) is 1.68. The zero-order valence-corrected chi connectivity index (χ0v) is 7.92. The van der Waals surface area contributed by atoms with Crippen molar-refractivity contribution in [2.24, 2.45) is 0 Å². The summed E-state index contributed by atoms with van der Waals surface area (Å²) in [6, 6.07) is 4.26. The van der Waals surface area contributed by atoms with Gasteiger partial charge in [0.15, 0.2) is 0 Å². The highest BCUT2D eigenvalue weighted by molar-refractivity contribution is 5.22. The van der Waals surface area contributed by atoms with Gasteiger partial charge in [0, 0.05) is 0 Å². The number of hydrogen-bond donors (Lipinski definition) is 1. The van der Waals surface area contributed by atoms with Crippen LogP contribution in [0.1, 0.15) is 31.1 Å². The van der Waals surface area contributed by atoms with Crippen molar-refractivity contribution >= 4 is 0 Å². The fourth-order valence-electron chi connectivity index (χ4n) is 1.92. The molecule has 0 saturated carbocycles. The van der Waals surface area contributed by atoms with E-state index in [0.717, 1.165) is 5.76 Å². The maximum atomic E-state index is 5.40. The number of nitrogens with one attached hydrogen (secondary N) is 1. The molecule has 1 aliphatic carbocycles. The summed E-state index contributed by atoms with van der Waals surface area (Å²) < 4.78 is 5.40. The first-order valence-electron chi connectivity index (χ1n) is 4.81. The summed E-state index contributed by atoms with van der Waals surface area (Å²) in [7, 11) is 1.98. The van der Waals surface area contributed by atoms with E-state index in [1.807, 2.05) is 19.2 Å². The van der Waals surface area contributed by atoms with Crippen LogP contribution in [0.2, 0.25) is 0 Å². The first-order chi connectivity index (χ1) is 6.42. The molecule has 13 heavy (non-hydrogen) atoms. The van der Waals surface area contributed by atoms with Crippen molar-refractivity contribution in [3.05, 3.63) is 35.8 Å². The maximum Gasteiger partial charge on any atom is 0.124 e. The second-order valence-corrected chi connectivity index (χ2v) is 3.41. The van der Waals surface area contributed by atoms with Gasteiger partial charge in [-0.15, -0.1) is 0 Å². The van der Waals surface area contributed by atoms with Crippen LogP contribution in [0.4, 0.5) is 0 Å². The molecule has 2 rings (SSSR count). The van der Waals surface area contributed by atoms with Crippen LogP contribution in [-0.2, 0) is 0 Å². The summed E-state index contributed by atoms with van der Waals surface area (Å²) in [5, 5.41) is 3.28. The van der Waals surface area contributed by atoms with Crippen LogP contribution in [0.5, 0.6) is 0 Å². The molecular formula is C11H15NO. The van der Waals surface area contributed by atoms with E-state index >= 15 is 0 Å². The number of allylic oxidation sites excluding steroid dienone is 1. The Kier molecular flexibility index (Phi) is 2.50. The average Bonchev–Trinajstić information content (AvgIpc) is 2.76. The molecular weight excluding hydrogens is 162 g/mol. The monoisotopic (exact) mass is 177 g/mol. The zero-order valence-electron chi connectivity index (χ0n) is 7.92. The molecule has 0 amide bonds. The molecule has 0 saturated heterocycles. The van der Waals surface area contributed by atoms with Crippen molar-refractivity contribution in [2.45, 2.75) is 25.3 Å². The van der Waals surface area contributed by atoms with Gasteiger partial charge in [0.25, 0.3) is 0 Å². The van der Waals surface area contributed by atoms with Gasteiger partial charge in [-0.3, -0.25) is 0 Å². The van der Waals surface area contributed by atoms with Crippen LogP contribution < -0.4 is 5.32 Å². The smallest absolute Gasteiger partial charge is 0.124 e. The Bertz CT molecular complexity index is 287. The van der Waals surface area contributed by atoms with Crippen LogP contribution in [-0.4, -0.2) is 7.05 Å². The van der Waals surface area contributed by atoms with E-state index in [9.17, 15) is 0 Å². The van der Waals surface area contributed by atoms with Crippen molar-refractivity contribution in [3.8, 4) is 0 Å². The Labute approximate surface area is 78.6 Å². The quantitative estimate of drug-likeness (QED) is 0.718. The van der Waals surface area contributed by atoms with E-state index in [1.165, 1.54) is 24.8 Å². The van der Waals surface area contributed by atoms with Crippen LogP contribution in [0.25, 0.3) is 0 Å². The minimum absolute atomic E-state index is 0.289. The van der Waals surface area contributed by atoms with Crippen molar-refractivity contribution in [1.29, 1.82) is 0 Å². The molecule has 2 heteroatoms. The molecule has 1 aromatic heterocycles. The predicted octanol–water partition coefficient (Wildman–Crippen LogP) is 2.65. The average molecular weight is 177 g/mol. The Balaban J connectivity index is 2.18. The zero-order chi connectivity index (χ0) is 9.10. The second kappa shape index (κ2) is 3.79. The van der Waals surface area contributed by atoms with Gasteiger partial charge in [-0.05, 0) is 44.0 Å². The van der Waals surface area contributed by atoms with E-state index in [1.54, 1.807) is 6.26 Å². The molecule has 0 radical (unpaired) electrons. The third-order valence-corrected chi connectivity index (χ3v) is 2.56. The van der Waals surface area contributed by atoms with E-state index in [4.69, 9.17) is 4.42 Å². The largest absolute Gasteiger partial charge is 0.467 e. The normalized spacial score (nSPS) is 18.7. The molecule has 1 atom stereocenters. The Morgan fingerprint density at radius 1 is 1.54 bits per heavy atom. The van der Waals surface area contributed by atoms with Crippen LogP contribution in [0.3, 0.4) is 0 Å². The Hall–Kier alpha value is -1.02. The first kappa shape index (κ1) is 8.57. The predicted molar refractivity (Wildman–Crippen MR) is 52.4 cm³/mol. The van der Waals surface area contributed by atoms with Crippen molar-refractivity contribution < 1.29 is 4.42 Å². The van der Waals surface area contributed by atoms with E-state index in [2.05, 4.69) is 11.4 Å². The molecule has 0 spiro atoms. The highest BCUT2D eigenvalue weighted by Gasteiger charge is 2.18. The van der Waals surface area contributed by atoms with E-state index < -0.39 is 0 Å². The molecule has 1 aliphatic rings. The lowest BCUT2D eigenvalue weighted by Gasteiger charge is -2.14. The summed E-state index contributed by atoms with van der Waals surface area (Å²) in [5.74, 6) is 1.02. The Morgan fingerprint density at radius 2 is 2.46 bits per heavy atom. The molecule has 1 N–H and O–H groups in total. The Morgan fingerprint density at radius 3 is 3.00 bits per heavy atom. The topological polar surface area (TPSA) is 25.2 Å². The fourth-order valence-corrected chi connectivity index (χ4v) is 1.92. The highest BCUT2D eigenvalue weighted by atomic mass is 16.3. The summed E-state index contributed by atoms with van der Waals surface area (Å²) in [6.07, 6.45) is 7.76. The minimum atomic E-state index is 0.289. The molecule has 2 nitrogen and oxygen atoms in total. The highest BCUT2D eigenvalue weighted by Crippen LogP contribution is 2.30. The summed E-state index contributed by atoms with van der Waals surface area (Å²) in [4.78, 5) is 0. The molecule has 0 fully saturated rings. The lowest BCUT2D eigenvalue weighted by Crippen LogP contribution is -2.17. The molecule has 1 unspecified atom stereocenters. The van der Waals surface area contributed by atoms with Gasteiger partial charge in [-0.1, -0.05) is 6.08 Å². The molecule has 70 valence electrons. The lowest BCUT2D eigenvalue weighted by molar-refractivity contribution is 0.456. The van der Waals surface area contributed by atoms with Crippen molar-refractivity contribution in [2.75, 3.05) is 7.05 Å². The van der Waals surface area contributed by atoms with Crippen LogP contribution in [0.15, 0.2) is 34.5 Å². The van der Waals surface area contributed by atoms with Gasteiger partial charge >= 0.3 is 0 Å². The van der Waals surface area contributed by atoms with Gasteiger partial charge < -0.3 is 9.73 Å². The molecule has 1 heterocycles. The first-order valence-corrected chi connectivity index (χ1v) is 4.81. The molecule has 0 bridgehead atoms. The van der Waals surface area contributed by atoms with E-state index in [0.29, 0.717) is 0 Å². The van der Waals surface area contributed by atoms with Gasteiger partial charge in [0.05, 0.1) is 12.3 Å². The molecule has 0 aliphatic heterocycles. The summed E-state index contributed by atoms with van der Waals surface area (Å²) in [6.45, 7) is 0. The fraction of sp³-hybridized carbons (Fsp3) is 0.455.